The average Bonchev–Trinajstić information content (AvgIpc) is 2.58. The molecule has 5 nitrogen and oxygen atoms in total. The highest BCUT2D eigenvalue weighted by Crippen LogP contribution is 2.38. The molecule has 1 saturated heterocycles. The van der Waals surface area contributed by atoms with Gasteiger partial charge in [-0.3, -0.25) is 0 Å². The van der Waals surface area contributed by atoms with Gasteiger partial charge in [-0.1, -0.05) is 29.8 Å². The molecule has 0 unspecified atom stereocenters. The quantitative estimate of drug-likeness (QED) is 0.923. The van der Waals surface area contributed by atoms with Crippen molar-refractivity contribution in [2.75, 3.05) is 25.1 Å². The van der Waals surface area contributed by atoms with Gasteiger partial charge in [-0.15, -0.1) is 0 Å². The van der Waals surface area contributed by atoms with Gasteiger partial charge in [0.25, 0.3) is 0 Å². The number of aliphatic hydroxyl groups is 1. The number of rotatable bonds is 3. The molecule has 2 aromatic rings. The largest absolute Gasteiger partial charge is 0.481 e. The van der Waals surface area contributed by atoms with E-state index >= 15 is 0 Å². The Hall–Kier alpha value is -1.85. The number of ether oxygens (including phenoxy) is 1. The summed E-state index contributed by atoms with van der Waals surface area (Å²) in [6, 6.07) is 7.52. The standard InChI is InChI=1S/C18H22ClN3O2/c1-12-16(20-13(2)21-17(12)24-3)22-10-8-18(23,9-11-22)14-6-4-5-7-15(14)19/h4-7,23H,8-11H2,1-3H3. The minimum atomic E-state index is -0.894. The molecule has 3 rings (SSSR count). The van der Waals surface area contributed by atoms with Gasteiger partial charge in [0, 0.05) is 23.7 Å². The van der Waals surface area contributed by atoms with E-state index in [0.29, 0.717) is 42.7 Å². The van der Waals surface area contributed by atoms with Gasteiger partial charge in [-0.2, -0.15) is 4.98 Å². The van der Waals surface area contributed by atoms with Crippen LogP contribution in [0.4, 0.5) is 5.82 Å². The average molecular weight is 348 g/mol. The molecule has 0 aliphatic carbocycles. The SMILES string of the molecule is COc1nc(C)nc(N2CCC(O)(c3ccccc3Cl)CC2)c1C. The van der Waals surface area contributed by atoms with Gasteiger partial charge in [0.2, 0.25) is 5.88 Å². The van der Waals surface area contributed by atoms with Crippen LogP contribution in [0.3, 0.4) is 0 Å². The molecule has 6 heteroatoms. The van der Waals surface area contributed by atoms with Crippen LogP contribution < -0.4 is 9.64 Å². The Morgan fingerprint density at radius 1 is 1.17 bits per heavy atom. The van der Waals surface area contributed by atoms with E-state index in [1.165, 1.54) is 0 Å². The summed E-state index contributed by atoms with van der Waals surface area (Å²) in [5.41, 5.74) is 0.834. The summed E-state index contributed by atoms with van der Waals surface area (Å²) in [5.74, 6) is 2.16. The van der Waals surface area contributed by atoms with Crippen LogP contribution >= 0.6 is 11.6 Å². The summed E-state index contributed by atoms with van der Waals surface area (Å²) in [5, 5.41) is 11.7. The Balaban J connectivity index is 1.83. The van der Waals surface area contributed by atoms with Gasteiger partial charge in [-0.25, -0.2) is 4.98 Å². The highest BCUT2D eigenvalue weighted by molar-refractivity contribution is 6.31. The predicted molar refractivity (Wildman–Crippen MR) is 94.9 cm³/mol. The summed E-state index contributed by atoms with van der Waals surface area (Å²) < 4.78 is 5.34. The van der Waals surface area contributed by atoms with Crippen LogP contribution in [0.1, 0.15) is 29.8 Å². The topological polar surface area (TPSA) is 58.5 Å². The lowest BCUT2D eigenvalue weighted by Gasteiger charge is -2.40. The van der Waals surface area contributed by atoms with Gasteiger partial charge >= 0.3 is 0 Å². The van der Waals surface area contributed by atoms with Gasteiger partial charge in [0.15, 0.2) is 0 Å². The third kappa shape index (κ3) is 3.06. The van der Waals surface area contributed by atoms with Crippen molar-refractivity contribution in [1.29, 1.82) is 0 Å². The normalized spacial score (nSPS) is 17.0. The number of aryl methyl sites for hydroxylation is 1. The number of hydrogen-bond acceptors (Lipinski definition) is 5. The summed E-state index contributed by atoms with van der Waals surface area (Å²) in [6.07, 6.45) is 1.20. The van der Waals surface area contributed by atoms with E-state index in [0.717, 1.165) is 16.9 Å². The first-order valence-electron chi connectivity index (χ1n) is 8.06. The first kappa shape index (κ1) is 17.0. The third-order valence-electron chi connectivity index (χ3n) is 4.65. The number of piperidine rings is 1. The van der Waals surface area contributed by atoms with Crippen LogP contribution in [0.5, 0.6) is 5.88 Å². The molecule has 1 aliphatic heterocycles. The zero-order chi connectivity index (χ0) is 17.3. The molecule has 1 N–H and O–H groups in total. The van der Waals surface area contributed by atoms with E-state index in [1.807, 2.05) is 38.1 Å². The van der Waals surface area contributed by atoms with Crippen LogP contribution in [0.2, 0.25) is 5.02 Å². The van der Waals surface area contributed by atoms with E-state index in [1.54, 1.807) is 7.11 Å². The fourth-order valence-corrected chi connectivity index (χ4v) is 3.60. The monoisotopic (exact) mass is 347 g/mol. The highest BCUT2D eigenvalue weighted by Gasteiger charge is 2.36. The van der Waals surface area contributed by atoms with Crippen molar-refractivity contribution in [1.82, 2.24) is 9.97 Å². The highest BCUT2D eigenvalue weighted by atomic mass is 35.5. The molecule has 0 amide bonds. The predicted octanol–water partition coefficient (Wildman–Crippen LogP) is 3.24. The molecule has 1 aromatic carbocycles. The van der Waals surface area contributed by atoms with E-state index in [2.05, 4.69) is 14.9 Å². The molecule has 0 radical (unpaired) electrons. The zero-order valence-corrected chi connectivity index (χ0v) is 15.0. The number of aromatic nitrogens is 2. The van der Waals surface area contributed by atoms with Crippen molar-refractivity contribution in [3.63, 3.8) is 0 Å². The molecule has 1 aromatic heterocycles. The second-order valence-electron chi connectivity index (χ2n) is 6.23. The zero-order valence-electron chi connectivity index (χ0n) is 14.2. The smallest absolute Gasteiger partial charge is 0.221 e. The summed E-state index contributed by atoms with van der Waals surface area (Å²) >= 11 is 6.28. The van der Waals surface area contributed by atoms with Crippen LogP contribution in [-0.2, 0) is 5.60 Å². The fraction of sp³-hybridized carbons (Fsp3) is 0.444. The number of nitrogens with zero attached hydrogens (tertiary/aromatic N) is 3. The molecule has 24 heavy (non-hydrogen) atoms. The Kier molecular flexibility index (Phi) is 4.65. The minimum absolute atomic E-state index is 0.599. The molecular formula is C18H22ClN3O2. The van der Waals surface area contributed by atoms with Gasteiger partial charge in [-0.05, 0) is 32.8 Å². The molecule has 1 fully saturated rings. The lowest BCUT2D eigenvalue weighted by Crippen LogP contribution is -2.43. The van der Waals surface area contributed by atoms with Crippen LogP contribution in [0.15, 0.2) is 24.3 Å². The van der Waals surface area contributed by atoms with Crippen molar-refractivity contribution in [2.24, 2.45) is 0 Å². The van der Waals surface area contributed by atoms with Crippen molar-refractivity contribution in [3.05, 3.63) is 46.2 Å². The molecule has 128 valence electrons. The summed E-state index contributed by atoms with van der Waals surface area (Å²) in [4.78, 5) is 11.1. The second-order valence-corrected chi connectivity index (χ2v) is 6.63. The van der Waals surface area contributed by atoms with Crippen molar-refractivity contribution >= 4 is 17.4 Å². The summed E-state index contributed by atoms with van der Waals surface area (Å²) in [6.45, 7) is 5.21. The fourth-order valence-electron chi connectivity index (χ4n) is 3.29. The van der Waals surface area contributed by atoms with Crippen molar-refractivity contribution in [3.8, 4) is 5.88 Å². The minimum Gasteiger partial charge on any atom is -0.481 e. The van der Waals surface area contributed by atoms with Crippen LogP contribution in [0.25, 0.3) is 0 Å². The Morgan fingerprint density at radius 2 is 1.83 bits per heavy atom. The van der Waals surface area contributed by atoms with Crippen molar-refractivity contribution < 1.29 is 9.84 Å². The van der Waals surface area contributed by atoms with E-state index < -0.39 is 5.60 Å². The lowest BCUT2D eigenvalue weighted by molar-refractivity contribution is 0.0117. The van der Waals surface area contributed by atoms with Gasteiger partial charge in [0.05, 0.1) is 18.3 Å². The molecule has 0 bridgehead atoms. The molecule has 1 aliphatic rings. The maximum absolute atomic E-state index is 11.0. The second kappa shape index (κ2) is 6.57. The lowest BCUT2D eigenvalue weighted by atomic mass is 9.84. The van der Waals surface area contributed by atoms with Gasteiger partial charge in [0.1, 0.15) is 11.6 Å². The number of benzene rings is 1. The Bertz CT molecular complexity index is 743. The Labute approximate surface area is 147 Å². The molecule has 2 heterocycles. The van der Waals surface area contributed by atoms with Crippen LogP contribution in [0, 0.1) is 13.8 Å². The molecule has 0 atom stereocenters. The van der Waals surface area contributed by atoms with E-state index in [4.69, 9.17) is 16.3 Å². The molecular weight excluding hydrogens is 326 g/mol. The maximum atomic E-state index is 11.0. The molecule has 0 spiro atoms. The van der Waals surface area contributed by atoms with E-state index in [-0.39, 0.29) is 0 Å². The first-order valence-corrected chi connectivity index (χ1v) is 8.44. The number of methoxy groups -OCH3 is 1. The molecule has 0 saturated carbocycles. The first-order chi connectivity index (χ1) is 11.4. The van der Waals surface area contributed by atoms with Crippen molar-refractivity contribution in [2.45, 2.75) is 32.3 Å². The summed E-state index contributed by atoms with van der Waals surface area (Å²) in [7, 11) is 1.62. The van der Waals surface area contributed by atoms with Gasteiger partial charge < -0.3 is 14.7 Å². The van der Waals surface area contributed by atoms with Crippen LogP contribution in [-0.4, -0.2) is 35.3 Å². The maximum Gasteiger partial charge on any atom is 0.221 e. The van der Waals surface area contributed by atoms with E-state index in [9.17, 15) is 5.11 Å². The number of anilines is 1. The third-order valence-corrected chi connectivity index (χ3v) is 4.98. The number of halogens is 1. The Morgan fingerprint density at radius 3 is 2.46 bits per heavy atom. The number of hydrogen-bond donors (Lipinski definition) is 1.